The molecule has 2 aliphatic carbocycles. The second-order valence-corrected chi connectivity index (χ2v) is 11.9. The number of fused-ring (bicyclic) bond motifs is 3. The Morgan fingerprint density at radius 2 is 1.70 bits per heavy atom. The van der Waals surface area contributed by atoms with Crippen LogP contribution in [0.3, 0.4) is 0 Å². The first-order valence-electron chi connectivity index (χ1n) is 15.1. The van der Waals surface area contributed by atoms with Crippen LogP contribution in [0.15, 0.2) is 60.7 Å². The number of hydrogen-bond donors (Lipinski definition) is 2. The Morgan fingerprint density at radius 1 is 0.975 bits per heavy atom. The first-order valence-corrected chi connectivity index (χ1v) is 15.1. The van der Waals surface area contributed by atoms with Gasteiger partial charge in [-0.1, -0.05) is 67.4 Å². The van der Waals surface area contributed by atoms with Crippen LogP contribution in [0.1, 0.15) is 89.7 Å². The summed E-state index contributed by atoms with van der Waals surface area (Å²) in [5, 5.41) is 14.6. The number of rotatable bonds is 8. The molecular weight excluding hydrogens is 494 g/mol. The summed E-state index contributed by atoms with van der Waals surface area (Å²) in [5.74, 6) is 0.140. The molecule has 40 heavy (non-hydrogen) atoms. The molecule has 6 rings (SSSR count). The Hall–Kier alpha value is -3.44. The molecule has 1 saturated carbocycles. The van der Waals surface area contributed by atoms with Crippen LogP contribution in [0.25, 0.3) is 11.0 Å². The third-order valence-electron chi connectivity index (χ3n) is 9.18. The van der Waals surface area contributed by atoms with E-state index in [1.54, 1.807) is 0 Å². The van der Waals surface area contributed by atoms with Gasteiger partial charge in [-0.3, -0.25) is 4.79 Å². The lowest BCUT2D eigenvalue weighted by atomic mass is 9.83. The third-order valence-corrected chi connectivity index (χ3v) is 9.18. The van der Waals surface area contributed by atoms with Crippen LogP contribution in [-0.4, -0.2) is 27.2 Å². The zero-order valence-electron chi connectivity index (χ0n) is 23.8. The van der Waals surface area contributed by atoms with Crippen LogP contribution in [-0.2, 0) is 24.2 Å². The molecule has 2 aliphatic rings. The summed E-state index contributed by atoms with van der Waals surface area (Å²) in [5.41, 5.74) is 9.70. The minimum absolute atomic E-state index is 0.0168. The Kier molecular flexibility index (Phi) is 7.75. The van der Waals surface area contributed by atoms with Crippen molar-refractivity contribution in [3.63, 3.8) is 0 Å². The Morgan fingerprint density at radius 3 is 2.42 bits per heavy atom. The van der Waals surface area contributed by atoms with Crippen molar-refractivity contribution in [2.75, 3.05) is 6.61 Å². The first kappa shape index (κ1) is 26.8. The summed E-state index contributed by atoms with van der Waals surface area (Å²) in [6, 6.07) is 20.3. The lowest BCUT2D eigenvalue weighted by Crippen LogP contribution is -2.37. The SMILES string of the molecule is Cc1cc(C)c2c3c(n(Cc4ccc([C@@H](C(=O)NC(CO)c5ccccc5)C5CCCC5)cc4)c2n1)CCCC3. The van der Waals surface area contributed by atoms with Crippen LogP contribution < -0.4 is 5.32 Å². The van der Waals surface area contributed by atoms with Gasteiger partial charge in [0.15, 0.2) is 0 Å². The second kappa shape index (κ2) is 11.6. The molecule has 4 aromatic rings. The van der Waals surface area contributed by atoms with Gasteiger partial charge in [-0.25, -0.2) is 4.98 Å². The third kappa shape index (κ3) is 5.19. The summed E-state index contributed by atoms with van der Waals surface area (Å²) in [6.07, 6.45) is 9.22. The van der Waals surface area contributed by atoms with Crippen molar-refractivity contribution in [2.24, 2.45) is 5.92 Å². The van der Waals surface area contributed by atoms with Gasteiger partial charge in [-0.2, -0.15) is 0 Å². The van der Waals surface area contributed by atoms with E-state index in [1.165, 1.54) is 53.5 Å². The molecule has 2 aromatic heterocycles. The Bertz CT molecular complexity index is 1480. The van der Waals surface area contributed by atoms with E-state index < -0.39 is 6.04 Å². The van der Waals surface area contributed by atoms with Crippen LogP contribution >= 0.6 is 0 Å². The Labute approximate surface area is 237 Å². The van der Waals surface area contributed by atoms with Crippen molar-refractivity contribution >= 4 is 16.9 Å². The monoisotopic (exact) mass is 535 g/mol. The topological polar surface area (TPSA) is 67.2 Å². The van der Waals surface area contributed by atoms with Gasteiger partial charge < -0.3 is 15.0 Å². The number of nitrogens with one attached hydrogen (secondary N) is 1. The van der Waals surface area contributed by atoms with Gasteiger partial charge in [0.05, 0.1) is 18.6 Å². The molecule has 208 valence electrons. The van der Waals surface area contributed by atoms with E-state index in [2.05, 4.69) is 54.1 Å². The van der Waals surface area contributed by atoms with Crippen LogP contribution in [0, 0.1) is 19.8 Å². The number of benzene rings is 2. The van der Waals surface area contributed by atoms with E-state index in [1.807, 2.05) is 30.3 Å². The number of carbonyl (C=O) groups is 1. The molecule has 2 heterocycles. The van der Waals surface area contributed by atoms with E-state index >= 15 is 0 Å². The molecule has 1 unspecified atom stereocenters. The zero-order chi connectivity index (χ0) is 27.6. The number of aliphatic hydroxyl groups excluding tert-OH is 1. The summed E-state index contributed by atoms with van der Waals surface area (Å²) in [4.78, 5) is 18.8. The van der Waals surface area contributed by atoms with E-state index in [4.69, 9.17) is 4.98 Å². The molecule has 2 N–H and O–H groups in total. The number of hydrogen-bond acceptors (Lipinski definition) is 3. The maximum atomic E-state index is 13.8. The van der Waals surface area contributed by atoms with Crippen LogP contribution in [0.2, 0.25) is 0 Å². The average Bonchev–Trinajstić information content (AvgIpc) is 3.60. The number of amides is 1. The molecule has 0 bridgehead atoms. The molecule has 0 aliphatic heterocycles. The number of aromatic nitrogens is 2. The highest BCUT2D eigenvalue weighted by molar-refractivity contribution is 5.86. The standard InChI is InChI=1S/C35H41N3O2/c1-23-20-24(2)36-34-32(23)29-14-8-9-15-31(29)38(34)21-25-16-18-28(19-17-25)33(27-12-6-7-13-27)35(40)37-30(22-39)26-10-4-3-5-11-26/h3-5,10-11,16-20,27,30,33,39H,6-9,12-15,21-22H2,1-2H3,(H,37,40)/t30?,33-/m0/s1. The maximum Gasteiger partial charge on any atom is 0.228 e. The predicted molar refractivity (Wildman–Crippen MR) is 161 cm³/mol. The van der Waals surface area contributed by atoms with E-state index in [0.29, 0.717) is 5.92 Å². The Balaban J connectivity index is 1.28. The summed E-state index contributed by atoms with van der Waals surface area (Å²) < 4.78 is 2.45. The minimum atomic E-state index is -0.399. The van der Waals surface area contributed by atoms with Gasteiger partial charge in [-0.05, 0) is 92.2 Å². The van der Waals surface area contributed by atoms with E-state index in [0.717, 1.165) is 54.7 Å². The second-order valence-electron chi connectivity index (χ2n) is 11.9. The predicted octanol–water partition coefficient (Wildman–Crippen LogP) is 6.70. The molecule has 1 amide bonds. The zero-order valence-corrected chi connectivity index (χ0v) is 23.8. The van der Waals surface area contributed by atoms with Crippen molar-refractivity contribution in [1.29, 1.82) is 0 Å². The molecule has 0 saturated heterocycles. The van der Waals surface area contributed by atoms with Gasteiger partial charge in [0.2, 0.25) is 5.91 Å². The molecule has 5 heteroatoms. The molecule has 5 nitrogen and oxygen atoms in total. The average molecular weight is 536 g/mol. The summed E-state index contributed by atoms with van der Waals surface area (Å²) in [6.45, 7) is 4.99. The highest BCUT2D eigenvalue weighted by Crippen LogP contribution is 2.39. The largest absolute Gasteiger partial charge is 0.394 e. The number of aliphatic hydroxyl groups is 1. The molecule has 0 spiro atoms. The van der Waals surface area contributed by atoms with Crippen molar-refractivity contribution in [3.8, 4) is 0 Å². The number of aryl methyl sites for hydroxylation is 3. The van der Waals surface area contributed by atoms with Gasteiger partial charge in [0, 0.05) is 23.3 Å². The minimum Gasteiger partial charge on any atom is -0.394 e. The van der Waals surface area contributed by atoms with E-state index in [9.17, 15) is 9.90 Å². The summed E-state index contributed by atoms with van der Waals surface area (Å²) in [7, 11) is 0. The lowest BCUT2D eigenvalue weighted by molar-refractivity contribution is -0.124. The molecule has 0 radical (unpaired) electrons. The van der Waals surface area contributed by atoms with Crippen LogP contribution in [0.5, 0.6) is 0 Å². The number of carbonyl (C=O) groups excluding carboxylic acids is 1. The smallest absolute Gasteiger partial charge is 0.228 e. The lowest BCUT2D eigenvalue weighted by Gasteiger charge is -2.26. The normalized spacial score (nSPS) is 17.1. The molecule has 1 fully saturated rings. The molecule has 2 aromatic carbocycles. The number of nitrogens with zero attached hydrogens (tertiary/aromatic N) is 2. The van der Waals surface area contributed by atoms with Gasteiger partial charge >= 0.3 is 0 Å². The highest BCUT2D eigenvalue weighted by Gasteiger charge is 2.33. The number of pyridine rings is 1. The quantitative estimate of drug-likeness (QED) is 0.264. The van der Waals surface area contributed by atoms with E-state index in [-0.39, 0.29) is 18.4 Å². The van der Waals surface area contributed by atoms with Crippen LogP contribution in [0.4, 0.5) is 0 Å². The van der Waals surface area contributed by atoms with Crippen molar-refractivity contribution in [2.45, 2.75) is 83.7 Å². The fraction of sp³-hybridized carbons (Fsp3) is 0.429. The fourth-order valence-corrected chi connectivity index (χ4v) is 7.26. The van der Waals surface area contributed by atoms with Crippen molar-refractivity contribution in [3.05, 3.63) is 99.9 Å². The van der Waals surface area contributed by atoms with Gasteiger partial charge in [0.25, 0.3) is 0 Å². The first-order chi connectivity index (χ1) is 19.5. The molecular formula is C35H41N3O2. The van der Waals surface area contributed by atoms with Gasteiger partial charge in [0.1, 0.15) is 5.65 Å². The summed E-state index contributed by atoms with van der Waals surface area (Å²) >= 11 is 0. The van der Waals surface area contributed by atoms with Crippen molar-refractivity contribution in [1.82, 2.24) is 14.9 Å². The van der Waals surface area contributed by atoms with Gasteiger partial charge in [-0.15, -0.1) is 0 Å². The molecule has 2 atom stereocenters. The maximum absolute atomic E-state index is 13.8. The fourth-order valence-electron chi connectivity index (χ4n) is 7.26. The highest BCUT2D eigenvalue weighted by atomic mass is 16.3. The van der Waals surface area contributed by atoms with Crippen molar-refractivity contribution < 1.29 is 9.90 Å².